The second-order valence-corrected chi connectivity index (χ2v) is 5.02. The Labute approximate surface area is 98.8 Å². The first-order valence-corrected chi connectivity index (χ1v) is 6.21. The maximum atomic E-state index is 10.2. The average molecular weight is 270 g/mol. The fraction of sp³-hybridized carbons (Fsp3) is 0.500. The van der Waals surface area contributed by atoms with Crippen molar-refractivity contribution in [2.75, 3.05) is 13.1 Å². The van der Waals surface area contributed by atoms with Crippen LogP contribution in [0.4, 0.5) is 0 Å². The summed E-state index contributed by atoms with van der Waals surface area (Å²) in [5, 5.41) is 13.5. The van der Waals surface area contributed by atoms with Gasteiger partial charge in [0.15, 0.2) is 0 Å². The van der Waals surface area contributed by atoms with Gasteiger partial charge in [-0.2, -0.15) is 0 Å². The van der Waals surface area contributed by atoms with Gasteiger partial charge in [0.05, 0.1) is 6.10 Å². The van der Waals surface area contributed by atoms with Crippen molar-refractivity contribution in [3.05, 3.63) is 34.3 Å². The normalized spacial score (nSPS) is 23.7. The third-order valence-corrected chi connectivity index (χ3v) is 3.52. The molecule has 2 nitrogen and oxygen atoms in total. The van der Waals surface area contributed by atoms with Crippen LogP contribution in [0, 0.1) is 5.92 Å². The van der Waals surface area contributed by atoms with E-state index in [1.807, 2.05) is 24.3 Å². The molecule has 0 aliphatic carbocycles. The van der Waals surface area contributed by atoms with Crippen molar-refractivity contribution in [2.45, 2.75) is 18.9 Å². The minimum Gasteiger partial charge on any atom is -0.388 e. The summed E-state index contributed by atoms with van der Waals surface area (Å²) in [7, 11) is 0. The molecule has 2 atom stereocenters. The maximum absolute atomic E-state index is 10.2. The smallest absolute Gasteiger partial charge is 0.0830 e. The molecule has 82 valence electrons. The molecule has 1 fully saturated rings. The van der Waals surface area contributed by atoms with Gasteiger partial charge >= 0.3 is 0 Å². The molecule has 0 amide bonds. The Balaban J connectivity index is 2.05. The fourth-order valence-electron chi connectivity index (χ4n) is 2.08. The van der Waals surface area contributed by atoms with Crippen LogP contribution in [0.2, 0.25) is 0 Å². The number of benzene rings is 1. The number of hydrogen-bond acceptors (Lipinski definition) is 2. The van der Waals surface area contributed by atoms with Crippen LogP contribution in [0.3, 0.4) is 0 Å². The topological polar surface area (TPSA) is 32.3 Å². The van der Waals surface area contributed by atoms with Crippen LogP contribution >= 0.6 is 15.9 Å². The summed E-state index contributed by atoms with van der Waals surface area (Å²) < 4.78 is 1.06. The van der Waals surface area contributed by atoms with E-state index in [4.69, 9.17) is 0 Å². The summed E-state index contributed by atoms with van der Waals surface area (Å²) in [6, 6.07) is 7.94. The summed E-state index contributed by atoms with van der Waals surface area (Å²) >= 11 is 3.40. The van der Waals surface area contributed by atoms with Crippen LogP contribution in [-0.2, 0) is 0 Å². The molecule has 1 aliphatic heterocycles. The van der Waals surface area contributed by atoms with E-state index in [1.54, 1.807) is 0 Å². The molecule has 2 N–H and O–H groups in total. The van der Waals surface area contributed by atoms with Crippen LogP contribution in [0.15, 0.2) is 28.7 Å². The molecule has 3 heteroatoms. The molecule has 1 aromatic rings. The van der Waals surface area contributed by atoms with E-state index in [-0.39, 0.29) is 6.10 Å². The summed E-state index contributed by atoms with van der Waals surface area (Å²) in [4.78, 5) is 0. The Morgan fingerprint density at radius 3 is 2.67 bits per heavy atom. The quantitative estimate of drug-likeness (QED) is 0.865. The highest BCUT2D eigenvalue weighted by molar-refractivity contribution is 9.10. The van der Waals surface area contributed by atoms with Crippen molar-refractivity contribution in [1.82, 2.24) is 5.32 Å². The standard InChI is InChI=1S/C12H16BrNO/c13-11-5-3-9(4-6-11)12(15)10-2-1-7-14-8-10/h3-6,10,12,14-15H,1-2,7-8H2/t10-,12+/m0/s1. The molecule has 0 saturated carbocycles. The zero-order valence-electron chi connectivity index (χ0n) is 8.62. The molecule has 1 saturated heterocycles. The summed E-state index contributed by atoms with van der Waals surface area (Å²) in [6.45, 7) is 2.01. The number of hydrogen-bond donors (Lipinski definition) is 2. The molecule has 1 heterocycles. The number of nitrogens with one attached hydrogen (secondary N) is 1. The molecule has 15 heavy (non-hydrogen) atoms. The molecule has 2 rings (SSSR count). The van der Waals surface area contributed by atoms with E-state index in [1.165, 1.54) is 0 Å². The molecule has 0 unspecified atom stereocenters. The van der Waals surface area contributed by atoms with E-state index >= 15 is 0 Å². The average Bonchev–Trinajstić information content (AvgIpc) is 2.30. The van der Waals surface area contributed by atoms with Crippen molar-refractivity contribution in [1.29, 1.82) is 0 Å². The number of rotatable bonds is 2. The van der Waals surface area contributed by atoms with Crippen molar-refractivity contribution < 1.29 is 5.11 Å². The second-order valence-electron chi connectivity index (χ2n) is 4.10. The summed E-state index contributed by atoms with van der Waals surface area (Å²) in [6.07, 6.45) is 1.95. The maximum Gasteiger partial charge on any atom is 0.0830 e. The molecule has 0 bridgehead atoms. The van der Waals surface area contributed by atoms with Crippen molar-refractivity contribution >= 4 is 15.9 Å². The van der Waals surface area contributed by atoms with Crippen molar-refractivity contribution in [3.8, 4) is 0 Å². The Bertz CT molecular complexity index is 306. The summed E-state index contributed by atoms with van der Waals surface area (Å²) in [5.74, 6) is 0.361. The van der Waals surface area contributed by atoms with Crippen LogP contribution in [0.1, 0.15) is 24.5 Å². The van der Waals surface area contributed by atoms with E-state index < -0.39 is 0 Å². The largest absolute Gasteiger partial charge is 0.388 e. The van der Waals surface area contributed by atoms with Crippen LogP contribution in [0.5, 0.6) is 0 Å². The zero-order chi connectivity index (χ0) is 10.7. The first-order valence-electron chi connectivity index (χ1n) is 5.41. The Morgan fingerprint density at radius 2 is 2.07 bits per heavy atom. The minimum atomic E-state index is -0.328. The van der Waals surface area contributed by atoms with Crippen molar-refractivity contribution in [3.63, 3.8) is 0 Å². The number of aliphatic hydroxyl groups is 1. The lowest BCUT2D eigenvalue weighted by Gasteiger charge is -2.27. The van der Waals surface area contributed by atoms with E-state index in [2.05, 4.69) is 21.2 Å². The van der Waals surface area contributed by atoms with Gasteiger partial charge in [-0.1, -0.05) is 28.1 Å². The molecule has 1 aromatic carbocycles. The summed E-state index contributed by atoms with van der Waals surface area (Å²) in [5.41, 5.74) is 1.02. The molecule has 0 spiro atoms. The highest BCUT2D eigenvalue weighted by atomic mass is 79.9. The molecule has 1 aliphatic rings. The fourth-order valence-corrected chi connectivity index (χ4v) is 2.34. The van der Waals surface area contributed by atoms with Gasteiger partial charge in [-0.25, -0.2) is 0 Å². The van der Waals surface area contributed by atoms with E-state index in [9.17, 15) is 5.11 Å². The van der Waals surface area contributed by atoms with Crippen LogP contribution in [0.25, 0.3) is 0 Å². The van der Waals surface area contributed by atoms with E-state index in [0.717, 1.165) is 36.0 Å². The molecule has 0 radical (unpaired) electrons. The predicted octanol–water partition coefficient (Wildman–Crippen LogP) is 2.48. The van der Waals surface area contributed by atoms with Gasteiger partial charge in [-0.3, -0.25) is 0 Å². The highest BCUT2D eigenvalue weighted by Crippen LogP contribution is 2.27. The van der Waals surface area contributed by atoms with Gasteiger partial charge < -0.3 is 10.4 Å². The van der Waals surface area contributed by atoms with Crippen LogP contribution < -0.4 is 5.32 Å². The monoisotopic (exact) mass is 269 g/mol. The molecule has 0 aromatic heterocycles. The Hall–Kier alpha value is -0.380. The van der Waals surface area contributed by atoms with Crippen LogP contribution in [-0.4, -0.2) is 18.2 Å². The van der Waals surface area contributed by atoms with Gasteiger partial charge in [-0.15, -0.1) is 0 Å². The Kier molecular flexibility index (Phi) is 3.78. The molecular formula is C12H16BrNO. The third kappa shape index (κ3) is 2.80. The number of piperidine rings is 1. The highest BCUT2D eigenvalue weighted by Gasteiger charge is 2.22. The second kappa shape index (κ2) is 5.10. The lowest BCUT2D eigenvalue weighted by molar-refractivity contribution is 0.0921. The Morgan fingerprint density at radius 1 is 1.33 bits per heavy atom. The van der Waals surface area contributed by atoms with Gasteiger partial charge in [0.25, 0.3) is 0 Å². The van der Waals surface area contributed by atoms with Gasteiger partial charge in [0, 0.05) is 16.9 Å². The van der Waals surface area contributed by atoms with Gasteiger partial charge in [0.2, 0.25) is 0 Å². The lowest BCUT2D eigenvalue weighted by atomic mass is 9.89. The van der Waals surface area contributed by atoms with Gasteiger partial charge in [-0.05, 0) is 37.1 Å². The minimum absolute atomic E-state index is 0.328. The number of aliphatic hydroxyl groups excluding tert-OH is 1. The molecular weight excluding hydrogens is 254 g/mol. The van der Waals surface area contributed by atoms with E-state index in [0.29, 0.717) is 5.92 Å². The zero-order valence-corrected chi connectivity index (χ0v) is 10.2. The third-order valence-electron chi connectivity index (χ3n) is 2.99. The number of halogens is 1. The van der Waals surface area contributed by atoms with Gasteiger partial charge in [0.1, 0.15) is 0 Å². The first-order chi connectivity index (χ1) is 7.27. The SMILES string of the molecule is O[C@H](c1ccc(Br)cc1)[C@H]1CCCNC1. The first kappa shape index (κ1) is 11.1. The predicted molar refractivity (Wildman–Crippen MR) is 64.7 cm³/mol. The van der Waals surface area contributed by atoms with Crippen molar-refractivity contribution in [2.24, 2.45) is 5.92 Å². The lowest BCUT2D eigenvalue weighted by Crippen LogP contribution is -2.33.